The molecule has 0 radical (unpaired) electrons. The fraction of sp³-hybridized carbons (Fsp3) is 0.333. The number of amidine groups is 1. The summed E-state index contributed by atoms with van der Waals surface area (Å²) in [5.74, 6) is 1.22. The number of hydrogen-bond donors (Lipinski definition) is 3. The molecule has 5 N–H and O–H groups in total. The lowest BCUT2D eigenvalue weighted by molar-refractivity contribution is 0.287. The zero-order valence-corrected chi connectivity index (χ0v) is 19.2. The van der Waals surface area contributed by atoms with Crippen molar-refractivity contribution in [2.24, 2.45) is 27.7 Å². The molecule has 1 unspecified atom stereocenters. The fourth-order valence-electron chi connectivity index (χ4n) is 4.69. The topological polar surface area (TPSA) is 123 Å². The highest BCUT2D eigenvalue weighted by Crippen LogP contribution is 2.41. The van der Waals surface area contributed by atoms with Crippen molar-refractivity contribution in [1.29, 1.82) is 0 Å². The molecule has 1 aliphatic rings. The predicted molar refractivity (Wildman–Crippen MR) is 130 cm³/mol. The third-order valence-corrected chi connectivity index (χ3v) is 7.03. The van der Waals surface area contributed by atoms with Crippen LogP contribution in [0.1, 0.15) is 44.1 Å². The summed E-state index contributed by atoms with van der Waals surface area (Å²) in [6.07, 6.45) is 5.84. The van der Waals surface area contributed by atoms with Crippen LogP contribution < -0.4 is 15.6 Å². The van der Waals surface area contributed by atoms with Gasteiger partial charge in [0, 0.05) is 23.2 Å². The van der Waals surface area contributed by atoms with Gasteiger partial charge in [0.25, 0.3) is 10.2 Å². The highest BCUT2D eigenvalue weighted by atomic mass is 32.2. The first-order valence-electron chi connectivity index (χ1n) is 11.0. The van der Waals surface area contributed by atoms with Crippen LogP contribution in [0.5, 0.6) is 0 Å². The van der Waals surface area contributed by atoms with E-state index in [2.05, 4.69) is 21.6 Å². The molecule has 9 heteroatoms. The van der Waals surface area contributed by atoms with E-state index in [0.29, 0.717) is 29.0 Å². The molecule has 0 aliphatic heterocycles. The number of nitrogens with one attached hydrogen (secondary N) is 1. The molecule has 1 atom stereocenters. The number of nitrogens with zero attached hydrogens (tertiary/aromatic N) is 2. The normalized spacial score (nSPS) is 20.5. The van der Waals surface area contributed by atoms with Crippen LogP contribution in [0, 0.1) is 17.7 Å². The number of nitrogens with two attached hydrogens (primary N) is 2. The molecule has 0 bridgehead atoms. The number of rotatable bonds is 6. The summed E-state index contributed by atoms with van der Waals surface area (Å²) in [5, 5.41) is 5.88. The Morgan fingerprint density at radius 2 is 1.82 bits per heavy atom. The lowest BCUT2D eigenvalue weighted by Gasteiger charge is -2.32. The lowest BCUT2D eigenvalue weighted by atomic mass is 9.73. The monoisotopic (exact) mass is 469 g/mol. The third kappa shape index (κ3) is 5.66. The van der Waals surface area contributed by atoms with Gasteiger partial charge in [-0.25, -0.2) is 14.5 Å². The lowest BCUT2D eigenvalue weighted by Crippen LogP contribution is -2.30. The molecule has 0 saturated heterocycles. The third-order valence-electron chi connectivity index (χ3n) is 6.51. The van der Waals surface area contributed by atoms with E-state index in [1.165, 1.54) is 11.6 Å². The first-order valence-corrected chi connectivity index (χ1v) is 12.5. The van der Waals surface area contributed by atoms with Crippen LogP contribution in [0.15, 0.2) is 59.7 Å². The van der Waals surface area contributed by atoms with Gasteiger partial charge < -0.3 is 5.73 Å². The van der Waals surface area contributed by atoms with Gasteiger partial charge in [0.1, 0.15) is 11.7 Å². The van der Waals surface area contributed by atoms with Crippen molar-refractivity contribution in [2.45, 2.75) is 38.5 Å². The quantitative estimate of drug-likeness (QED) is 0.361. The summed E-state index contributed by atoms with van der Waals surface area (Å²) in [5.41, 5.74) is 9.33. The van der Waals surface area contributed by atoms with E-state index < -0.39 is 10.2 Å². The smallest absolute Gasteiger partial charge is 0.296 e. The summed E-state index contributed by atoms with van der Waals surface area (Å²) in [6.45, 7) is 2.10. The molecule has 174 valence electrons. The van der Waals surface area contributed by atoms with Crippen LogP contribution in [-0.2, 0) is 10.2 Å². The van der Waals surface area contributed by atoms with Gasteiger partial charge in [-0.05, 0) is 91.6 Å². The second kappa shape index (κ2) is 9.44. The van der Waals surface area contributed by atoms with E-state index in [-0.39, 0.29) is 11.7 Å². The minimum atomic E-state index is -3.81. The van der Waals surface area contributed by atoms with Crippen LogP contribution in [0.4, 0.5) is 15.8 Å². The van der Waals surface area contributed by atoms with Crippen molar-refractivity contribution in [3.05, 3.63) is 66.1 Å². The summed E-state index contributed by atoms with van der Waals surface area (Å²) in [6, 6.07) is 13.3. The Morgan fingerprint density at radius 1 is 1.12 bits per heavy atom. The molecule has 33 heavy (non-hydrogen) atoms. The summed E-state index contributed by atoms with van der Waals surface area (Å²) in [4.78, 5) is 8.90. The van der Waals surface area contributed by atoms with E-state index in [9.17, 15) is 12.8 Å². The van der Waals surface area contributed by atoms with Crippen molar-refractivity contribution < 1.29 is 12.8 Å². The molecule has 2 aromatic carbocycles. The van der Waals surface area contributed by atoms with E-state index in [4.69, 9.17) is 10.9 Å². The van der Waals surface area contributed by atoms with E-state index in [1.54, 1.807) is 42.6 Å². The van der Waals surface area contributed by atoms with Gasteiger partial charge in [-0.1, -0.05) is 6.92 Å². The SMILES string of the molecule is CC(C(N)=Nc1ccc(NS(N)(=O)=O)cc1)C1CCC(c2ccnc3ccc(F)cc23)CC1. The Labute approximate surface area is 193 Å². The van der Waals surface area contributed by atoms with Gasteiger partial charge >= 0.3 is 0 Å². The number of anilines is 1. The maximum atomic E-state index is 13.8. The molecule has 7 nitrogen and oxygen atoms in total. The molecule has 4 rings (SSSR count). The Bertz CT molecular complexity index is 1270. The van der Waals surface area contributed by atoms with Crippen molar-refractivity contribution in [3.8, 4) is 0 Å². The standard InChI is InChI=1S/C24H28FN5O2S/c1-15(24(26)29-19-7-9-20(10-8-19)30-33(27,31)32)16-2-4-17(5-3-16)21-12-13-28-23-11-6-18(25)14-22(21)23/h6-17,30H,2-5H2,1H3,(H2,26,29)(H2,27,31,32). The molecule has 1 heterocycles. The Balaban J connectivity index is 1.41. The van der Waals surface area contributed by atoms with Crippen molar-refractivity contribution in [1.82, 2.24) is 4.98 Å². The first kappa shape index (κ1) is 23.1. The molecule has 1 saturated carbocycles. The largest absolute Gasteiger partial charge is 0.387 e. The molecule has 0 spiro atoms. The zero-order chi connectivity index (χ0) is 23.6. The minimum Gasteiger partial charge on any atom is -0.387 e. The molecule has 1 fully saturated rings. The number of benzene rings is 2. The van der Waals surface area contributed by atoms with Gasteiger partial charge in [-0.3, -0.25) is 9.71 Å². The van der Waals surface area contributed by atoms with E-state index in [1.807, 2.05) is 6.07 Å². The molecular weight excluding hydrogens is 441 g/mol. The first-order chi connectivity index (χ1) is 15.7. The molecule has 3 aromatic rings. The van der Waals surface area contributed by atoms with Crippen LogP contribution >= 0.6 is 0 Å². The highest BCUT2D eigenvalue weighted by molar-refractivity contribution is 7.90. The number of aliphatic imine (C=N–C) groups is 1. The van der Waals surface area contributed by atoms with Crippen LogP contribution in [0.3, 0.4) is 0 Å². The Kier molecular flexibility index (Phi) is 6.62. The number of hydrogen-bond acceptors (Lipinski definition) is 4. The zero-order valence-electron chi connectivity index (χ0n) is 18.4. The molecule has 1 aliphatic carbocycles. The maximum Gasteiger partial charge on any atom is 0.296 e. The van der Waals surface area contributed by atoms with Crippen LogP contribution in [0.2, 0.25) is 0 Å². The molecule has 1 aromatic heterocycles. The maximum absolute atomic E-state index is 13.8. The molecular formula is C24H28FN5O2S. The average molecular weight is 470 g/mol. The second-order valence-electron chi connectivity index (χ2n) is 8.69. The molecule has 0 amide bonds. The summed E-state index contributed by atoms with van der Waals surface area (Å²) in [7, 11) is -3.81. The van der Waals surface area contributed by atoms with Crippen LogP contribution in [-0.4, -0.2) is 19.2 Å². The van der Waals surface area contributed by atoms with Gasteiger partial charge in [0.15, 0.2) is 0 Å². The minimum absolute atomic E-state index is 0.111. The van der Waals surface area contributed by atoms with Crippen molar-refractivity contribution in [2.75, 3.05) is 4.72 Å². The summed E-state index contributed by atoms with van der Waals surface area (Å²) >= 11 is 0. The average Bonchev–Trinajstić information content (AvgIpc) is 2.78. The number of halogens is 1. The Morgan fingerprint density at radius 3 is 2.48 bits per heavy atom. The van der Waals surface area contributed by atoms with Gasteiger partial charge in [-0.15, -0.1) is 0 Å². The number of aromatic nitrogens is 1. The Hall–Kier alpha value is -3.04. The summed E-state index contributed by atoms with van der Waals surface area (Å²) < 4.78 is 38.3. The van der Waals surface area contributed by atoms with Gasteiger partial charge in [0.05, 0.1) is 11.2 Å². The van der Waals surface area contributed by atoms with Gasteiger partial charge in [0.2, 0.25) is 0 Å². The number of pyridine rings is 1. The van der Waals surface area contributed by atoms with Crippen molar-refractivity contribution in [3.63, 3.8) is 0 Å². The van der Waals surface area contributed by atoms with Crippen molar-refractivity contribution >= 4 is 38.3 Å². The fourth-order valence-corrected chi connectivity index (χ4v) is 5.15. The van der Waals surface area contributed by atoms with E-state index >= 15 is 0 Å². The highest BCUT2D eigenvalue weighted by Gasteiger charge is 2.28. The second-order valence-corrected chi connectivity index (χ2v) is 9.99. The van der Waals surface area contributed by atoms with Crippen LogP contribution in [0.25, 0.3) is 10.9 Å². The van der Waals surface area contributed by atoms with Gasteiger partial charge in [-0.2, -0.15) is 8.42 Å². The van der Waals surface area contributed by atoms with E-state index in [0.717, 1.165) is 36.6 Å². The predicted octanol–water partition coefficient (Wildman–Crippen LogP) is 4.59. The number of fused-ring (bicyclic) bond motifs is 1.